The third-order valence-electron chi connectivity index (χ3n) is 4.33. The highest BCUT2D eigenvalue weighted by Crippen LogP contribution is 2.40. The zero-order valence-electron chi connectivity index (χ0n) is 12.5. The van der Waals surface area contributed by atoms with Crippen molar-refractivity contribution in [1.29, 1.82) is 0 Å². The van der Waals surface area contributed by atoms with Crippen LogP contribution in [0, 0.1) is 0 Å². The average Bonchev–Trinajstić information content (AvgIpc) is 3.02. The summed E-state index contributed by atoms with van der Waals surface area (Å²) in [5.41, 5.74) is 0.382. The molecule has 1 atom stereocenters. The highest BCUT2D eigenvalue weighted by molar-refractivity contribution is 5.92. The Morgan fingerprint density at radius 1 is 1.32 bits per heavy atom. The largest absolute Gasteiger partial charge is 0.360 e. The first kappa shape index (κ1) is 13.5. The fourth-order valence-electron chi connectivity index (χ4n) is 2.92. The second-order valence-corrected chi connectivity index (χ2v) is 5.95. The highest BCUT2D eigenvalue weighted by Gasteiger charge is 2.36. The summed E-state index contributed by atoms with van der Waals surface area (Å²) in [7, 11) is 0. The molecule has 0 aromatic carbocycles. The van der Waals surface area contributed by atoms with Crippen LogP contribution in [0.2, 0.25) is 0 Å². The van der Waals surface area contributed by atoms with Crippen molar-refractivity contribution in [2.45, 2.75) is 51.0 Å². The van der Waals surface area contributed by atoms with Crippen LogP contribution in [-0.4, -0.2) is 32.6 Å². The molecule has 0 bridgehead atoms. The minimum atomic E-state index is -0.127. The van der Waals surface area contributed by atoms with Crippen molar-refractivity contribution in [3.63, 3.8) is 0 Å². The third kappa shape index (κ3) is 2.30. The summed E-state index contributed by atoms with van der Waals surface area (Å²) in [5, 5.41) is 7.96. The summed E-state index contributed by atoms with van der Waals surface area (Å²) in [5.74, 6) is 2.36. The Morgan fingerprint density at radius 3 is 2.91 bits per heavy atom. The Balaban J connectivity index is 1.55. The fraction of sp³-hybridized carbons (Fsp3) is 0.600. The van der Waals surface area contributed by atoms with Gasteiger partial charge in [0.1, 0.15) is 5.76 Å². The molecule has 7 heteroatoms. The molecule has 0 radical (unpaired) electrons. The Labute approximate surface area is 127 Å². The number of rotatable bonds is 4. The molecule has 2 aliphatic rings. The average molecular weight is 302 g/mol. The molecule has 0 unspecified atom stereocenters. The maximum absolute atomic E-state index is 12.7. The van der Waals surface area contributed by atoms with Gasteiger partial charge in [-0.2, -0.15) is 4.98 Å². The zero-order chi connectivity index (χ0) is 15.1. The van der Waals surface area contributed by atoms with Crippen molar-refractivity contribution in [2.24, 2.45) is 0 Å². The molecule has 2 aromatic heterocycles. The zero-order valence-corrected chi connectivity index (χ0v) is 12.5. The van der Waals surface area contributed by atoms with Crippen molar-refractivity contribution in [3.8, 4) is 0 Å². The molecule has 116 valence electrons. The van der Waals surface area contributed by atoms with Gasteiger partial charge in [-0.05, 0) is 25.7 Å². The summed E-state index contributed by atoms with van der Waals surface area (Å²) >= 11 is 0. The number of hydrogen-bond donors (Lipinski definition) is 0. The molecule has 1 saturated heterocycles. The van der Waals surface area contributed by atoms with Gasteiger partial charge in [0.05, 0.1) is 6.04 Å². The molecule has 2 fully saturated rings. The second-order valence-electron chi connectivity index (χ2n) is 5.95. The van der Waals surface area contributed by atoms with Crippen LogP contribution in [0.15, 0.2) is 15.1 Å². The van der Waals surface area contributed by atoms with E-state index in [0.717, 1.165) is 31.4 Å². The number of hydrogen-bond acceptors (Lipinski definition) is 6. The van der Waals surface area contributed by atoms with Gasteiger partial charge in [-0.1, -0.05) is 17.2 Å². The van der Waals surface area contributed by atoms with Crippen molar-refractivity contribution in [3.05, 3.63) is 29.2 Å². The smallest absolute Gasteiger partial charge is 0.276 e. The van der Waals surface area contributed by atoms with Crippen LogP contribution in [0.4, 0.5) is 0 Å². The lowest BCUT2D eigenvalue weighted by Gasteiger charge is -2.20. The van der Waals surface area contributed by atoms with Crippen molar-refractivity contribution >= 4 is 5.91 Å². The minimum absolute atomic E-state index is 0.110. The number of carbonyl (C=O) groups is 1. The molecular formula is C15H18N4O3. The molecule has 0 N–H and O–H groups in total. The molecule has 0 spiro atoms. The van der Waals surface area contributed by atoms with E-state index >= 15 is 0 Å². The first-order valence-electron chi connectivity index (χ1n) is 7.86. The SMILES string of the molecule is CCc1nc([C@H]2CCCN2C(=O)c2cc(C3CC3)on2)no1. The van der Waals surface area contributed by atoms with Gasteiger partial charge in [0.15, 0.2) is 11.5 Å². The predicted octanol–water partition coefficient (Wildman–Crippen LogP) is 2.47. The van der Waals surface area contributed by atoms with E-state index < -0.39 is 0 Å². The number of nitrogens with zero attached hydrogens (tertiary/aromatic N) is 4. The molecule has 2 aromatic rings. The monoisotopic (exact) mass is 302 g/mol. The van der Waals surface area contributed by atoms with Gasteiger partial charge >= 0.3 is 0 Å². The van der Waals surface area contributed by atoms with Crippen molar-refractivity contribution in [1.82, 2.24) is 20.2 Å². The topological polar surface area (TPSA) is 85.3 Å². The summed E-state index contributed by atoms with van der Waals surface area (Å²) in [6.45, 7) is 2.65. The maximum Gasteiger partial charge on any atom is 0.276 e. The summed E-state index contributed by atoms with van der Waals surface area (Å²) in [6.07, 6.45) is 4.72. The predicted molar refractivity (Wildman–Crippen MR) is 75.2 cm³/mol. The van der Waals surface area contributed by atoms with Crippen LogP contribution in [0.5, 0.6) is 0 Å². The number of aromatic nitrogens is 3. The molecule has 22 heavy (non-hydrogen) atoms. The Kier molecular flexibility index (Phi) is 3.20. The van der Waals surface area contributed by atoms with Crippen LogP contribution >= 0.6 is 0 Å². The van der Waals surface area contributed by atoms with Gasteiger partial charge in [0, 0.05) is 24.9 Å². The van der Waals surface area contributed by atoms with Crippen LogP contribution in [0.3, 0.4) is 0 Å². The van der Waals surface area contributed by atoms with E-state index in [2.05, 4.69) is 15.3 Å². The van der Waals surface area contributed by atoms with Gasteiger partial charge in [-0.25, -0.2) is 0 Å². The Morgan fingerprint density at radius 2 is 2.18 bits per heavy atom. The number of amides is 1. The van der Waals surface area contributed by atoms with Gasteiger partial charge in [-0.15, -0.1) is 0 Å². The minimum Gasteiger partial charge on any atom is -0.360 e. The van der Waals surface area contributed by atoms with Gasteiger partial charge in [0.2, 0.25) is 5.89 Å². The molecular weight excluding hydrogens is 284 g/mol. The lowest BCUT2D eigenvalue weighted by Crippen LogP contribution is -2.31. The molecule has 1 aliphatic carbocycles. The van der Waals surface area contributed by atoms with Gasteiger partial charge in [-0.3, -0.25) is 4.79 Å². The first-order valence-corrected chi connectivity index (χ1v) is 7.86. The summed E-state index contributed by atoms with van der Waals surface area (Å²) in [6, 6.07) is 1.65. The maximum atomic E-state index is 12.7. The van der Waals surface area contributed by atoms with Crippen molar-refractivity contribution < 1.29 is 13.8 Å². The van der Waals surface area contributed by atoms with Crippen LogP contribution < -0.4 is 0 Å². The van der Waals surface area contributed by atoms with Gasteiger partial charge in [0.25, 0.3) is 5.91 Å². The van der Waals surface area contributed by atoms with E-state index in [0.29, 0.717) is 36.3 Å². The lowest BCUT2D eigenvalue weighted by molar-refractivity contribution is 0.0717. The normalized spacial score (nSPS) is 21.5. The Bertz CT molecular complexity index is 689. The molecule has 4 rings (SSSR count). The van der Waals surface area contributed by atoms with Crippen molar-refractivity contribution in [2.75, 3.05) is 6.54 Å². The highest BCUT2D eigenvalue weighted by atomic mass is 16.5. The number of aryl methyl sites for hydroxylation is 1. The number of carbonyl (C=O) groups excluding carboxylic acids is 1. The molecule has 1 aliphatic heterocycles. The molecule has 1 amide bonds. The molecule has 7 nitrogen and oxygen atoms in total. The van der Waals surface area contributed by atoms with Crippen LogP contribution in [0.25, 0.3) is 0 Å². The van der Waals surface area contributed by atoms with E-state index in [9.17, 15) is 4.79 Å². The van der Waals surface area contributed by atoms with E-state index in [-0.39, 0.29) is 11.9 Å². The van der Waals surface area contributed by atoms with E-state index in [1.165, 1.54) is 0 Å². The second kappa shape index (κ2) is 5.23. The number of likely N-dealkylation sites (tertiary alicyclic amines) is 1. The molecule has 1 saturated carbocycles. The fourth-order valence-corrected chi connectivity index (χ4v) is 2.92. The molecule has 3 heterocycles. The quantitative estimate of drug-likeness (QED) is 0.862. The standard InChI is InChI=1S/C15H18N4O3/c1-2-13-16-14(18-22-13)11-4-3-7-19(11)15(20)10-8-12(21-17-10)9-5-6-9/h8-9,11H,2-7H2,1H3/t11-/m1/s1. The lowest BCUT2D eigenvalue weighted by atomic mass is 10.2. The van der Waals surface area contributed by atoms with E-state index in [4.69, 9.17) is 9.05 Å². The summed E-state index contributed by atoms with van der Waals surface area (Å²) < 4.78 is 10.5. The van der Waals surface area contributed by atoms with E-state index in [1.807, 2.05) is 6.92 Å². The Hall–Kier alpha value is -2.18. The van der Waals surface area contributed by atoms with Gasteiger partial charge < -0.3 is 13.9 Å². The first-order chi connectivity index (χ1) is 10.8. The summed E-state index contributed by atoms with van der Waals surface area (Å²) in [4.78, 5) is 18.8. The van der Waals surface area contributed by atoms with Crippen LogP contribution in [-0.2, 0) is 6.42 Å². The van der Waals surface area contributed by atoms with Crippen LogP contribution in [0.1, 0.15) is 72.5 Å². The van der Waals surface area contributed by atoms with E-state index in [1.54, 1.807) is 11.0 Å². The third-order valence-corrected chi connectivity index (χ3v) is 4.33.